The summed E-state index contributed by atoms with van der Waals surface area (Å²) in [6.07, 6.45) is 0. The maximum absolute atomic E-state index is 11.2. The van der Waals surface area contributed by atoms with Crippen molar-refractivity contribution in [1.82, 2.24) is 4.90 Å². The summed E-state index contributed by atoms with van der Waals surface area (Å²) >= 11 is 0. The zero-order valence-corrected chi connectivity index (χ0v) is 14.3. The zero-order valence-electron chi connectivity index (χ0n) is 13.5. The fraction of sp³-hybridized carbons (Fsp3) is 0.600. The van der Waals surface area contributed by atoms with Crippen molar-refractivity contribution in [3.63, 3.8) is 0 Å². The number of nitro groups is 1. The van der Waals surface area contributed by atoms with Crippen LogP contribution in [0.4, 0.5) is 5.69 Å². The molecule has 0 aliphatic carbocycles. The van der Waals surface area contributed by atoms with E-state index in [-0.39, 0.29) is 43.0 Å². The Morgan fingerprint density at radius 1 is 1.26 bits per heavy atom. The molecule has 0 aliphatic heterocycles. The van der Waals surface area contributed by atoms with Crippen LogP contribution in [0.15, 0.2) is 18.2 Å². The molecule has 0 saturated carbocycles. The van der Waals surface area contributed by atoms with Crippen molar-refractivity contribution in [3.8, 4) is 5.75 Å². The minimum atomic E-state index is -0.457. The van der Waals surface area contributed by atoms with Gasteiger partial charge in [0, 0.05) is 25.7 Å². The minimum absolute atomic E-state index is 0. The van der Waals surface area contributed by atoms with E-state index in [4.69, 9.17) is 14.9 Å². The van der Waals surface area contributed by atoms with Crippen LogP contribution in [0.5, 0.6) is 5.75 Å². The predicted molar refractivity (Wildman–Crippen MR) is 90.1 cm³/mol. The summed E-state index contributed by atoms with van der Waals surface area (Å²) in [5, 5.41) is 29.2. The van der Waals surface area contributed by atoms with Gasteiger partial charge >= 0.3 is 5.69 Å². The van der Waals surface area contributed by atoms with Crippen LogP contribution < -0.4 is 4.74 Å². The largest absolute Gasteiger partial charge is 0.487 e. The number of halogens is 1. The Bertz CT molecular complexity index is 479. The molecule has 0 aliphatic rings. The molecule has 23 heavy (non-hydrogen) atoms. The van der Waals surface area contributed by atoms with Crippen molar-refractivity contribution in [2.75, 3.05) is 32.9 Å². The SMILES string of the molecule is CC(C)COc1ccc(CN(CCO)CCO)cc1[N+](=O)[O-].Cl. The molecule has 2 N–H and O–H groups in total. The summed E-state index contributed by atoms with van der Waals surface area (Å²) in [5.74, 6) is 0.544. The maximum Gasteiger partial charge on any atom is 0.311 e. The summed E-state index contributed by atoms with van der Waals surface area (Å²) in [5.41, 5.74) is 0.677. The lowest BCUT2D eigenvalue weighted by molar-refractivity contribution is -0.386. The lowest BCUT2D eigenvalue weighted by Gasteiger charge is -2.20. The molecule has 0 fully saturated rings. The van der Waals surface area contributed by atoms with E-state index in [9.17, 15) is 10.1 Å². The summed E-state index contributed by atoms with van der Waals surface area (Å²) in [7, 11) is 0. The second-order valence-corrected chi connectivity index (χ2v) is 5.49. The van der Waals surface area contributed by atoms with E-state index in [2.05, 4.69) is 0 Å². The van der Waals surface area contributed by atoms with Crippen molar-refractivity contribution in [2.24, 2.45) is 5.92 Å². The van der Waals surface area contributed by atoms with E-state index in [1.807, 2.05) is 18.7 Å². The molecule has 0 spiro atoms. The average molecular weight is 349 g/mol. The standard InChI is InChI=1S/C15H24N2O5.ClH/c1-12(2)11-22-15-4-3-13(9-14(15)17(20)21)10-16(5-7-18)6-8-19;/h3-4,9,12,18-19H,5-8,10-11H2,1-2H3;1H. The van der Waals surface area contributed by atoms with Gasteiger partial charge in [-0.3, -0.25) is 15.0 Å². The number of aliphatic hydroxyl groups is 2. The molecule has 132 valence electrons. The van der Waals surface area contributed by atoms with Crippen LogP contribution in [-0.2, 0) is 6.54 Å². The number of nitrogens with zero attached hydrogens (tertiary/aromatic N) is 2. The Morgan fingerprint density at radius 2 is 1.87 bits per heavy atom. The lowest BCUT2D eigenvalue weighted by atomic mass is 10.1. The highest BCUT2D eigenvalue weighted by atomic mass is 35.5. The van der Waals surface area contributed by atoms with Gasteiger partial charge in [-0.15, -0.1) is 12.4 Å². The predicted octanol–water partition coefficient (Wildman–Crippen LogP) is 1.84. The number of aliphatic hydroxyl groups excluding tert-OH is 2. The number of ether oxygens (including phenoxy) is 1. The first-order chi connectivity index (χ1) is 10.5. The lowest BCUT2D eigenvalue weighted by Crippen LogP contribution is -2.29. The van der Waals surface area contributed by atoms with E-state index in [0.29, 0.717) is 26.2 Å². The second kappa shape index (κ2) is 11.2. The van der Waals surface area contributed by atoms with E-state index in [1.54, 1.807) is 12.1 Å². The van der Waals surface area contributed by atoms with Crippen molar-refractivity contribution in [3.05, 3.63) is 33.9 Å². The molecule has 0 atom stereocenters. The highest BCUT2D eigenvalue weighted by Gasteiger charge is 2.17. The topological polar surface area (TPSA) is 96.1 Å². The van der Waals surface area contributed by atoms with Crippen LogP contribution in [-0.4, -0.2) is 52.9 Å². The molecular weight excluding hydrogens is 324 g/mol. The number of benzene rings is 1. The molecule has 8 heteroatoms. The first-order valence-electron chi connectivity index (χ1n) is 7.32. The molecule has 0 radical (unpaired) electrons. The van der Waals surface area contributed by atoms with Crippen molar-refractivity contribution in [2.45, 2.75) is 20.4 Å². The normalized spacial score (nSPS) is 10.7. The third kappa shape index (κ3) is 7.60. The molecule has 0 saturated heterocycles. The molecule has 1 aromatic carbocycles. The Labute approximate surface area is 142 Å². The van der Waals surface area contributed by atoms with Gasteiger partial charge in [0.05, 0.1) is 24.7 Å². The summed E-state index contributed by atoms with van der Waals surface area (Å²) in [4.78, 5) is 12.6. The Hall–Kier alpha value is -1.41. The molecule has 0 unspecified atom stereocenters. The third-order valence-electron chi connectivity index (χ3n) is 3.03. The summed E-state index contributed by atoms with van der Waals surface area (Å²) in [6, 6.07) is 4.85. The second-order valence-electron chi connectivity index (χ2n) is 5.49. The molecule has 0 amide bonds. The van der Waals surface area contributed by atoms with Gasteiger partial charge in [-0.2, -0.15) is 0 Å². The van der Waals surface area contributed by atoms with Crippen molar-refractivity contribution < 1.29 is 19.9 Å². The Morgan fingerprint density at radius 3 is 2.35 bits per heavy atom. The maximum atomic E-state index is 11.2. The minimum Gasteiger partial charge on any atom is -0.487 e. The van der Waals surface area contributed by atoms with E-state index in [0.717, 1.165) is 5.56 Å². The molecule has 0 aromatic heterocycles. The van der Waals surface area contributed by atoms with Crippen LogP contribution >= 0.6 is 12.4 Å². The van der Waals surface area contributed by atoms with Crippen molar-refractivity contribution >= 4 is 18.1 Å². The van der Waals surface area contributed by atoms with Gasteiger partial charge in [0.2, 0.25) is 0 Å². The fourth-order valence-electron chi connectivity index (χ4n) is 1.99. The van der Waals surface area contributed by atoms with Crippen molar-refractivity contribution in [1.29, 1.82) is 0 Å². The average Bonchev–Trinajstić information content (AvgIpc) is 2.46. The van der Waals surface area contributed by atoms with Gasteiger partial charge in [0.15, 0.2) is 5.75 Å². The van der Waals surface area contributed by atoms with Gasteiger partial charge in [0.1, 0.15) is 0 Å². The number of hydrogen-bond donors (Lipinski definition) is 2. The van der Waals surface area contributed by atoms with Gasteiger partial charge in [0.25, 0.3) is 0 Å². The van der Waals surface area contributed by atoms with Gasteiger partial charge < -0.3 is 14.9 Å². The van der Waals surface area contributed by atoms with Crippen LogP contribution in [0.3, 0.4) is 0 Å². The zero-order chi connectivity index (χ0) is 16.5. The molecule has 1 aromatic rings. The first-order valence-corrected chi connectivity index (χ1v) is 7.32. The van der Waals surface area contributed by atoms with Gasteiger partial charge in [-0.1, -0.05) is 19.9 Å². The van der Waals surface area contributed by atoms with Gasteiger partial charge in [-0.05, 0) is 17.5 Å². The summed E-state index contributed by atoms with van der Waals surface area (Å²) < 4.78 is 5.48. The Balaban J connectivity index is 0.00000484. The third-order valence-corrected chi connectivity index (χ3v) is 3.03. The highest BCUT2D eigenvalue weighted by Crippen LogP contribution is 2.28. The smallest absolute Gasteiger partial charge is 0.311 e. The Kier molecular flexibility index (Phi) is 10.5. The van der Waals surface area contributed by atoms with Gasteiger partial charge in [-0.25, -0.2) is 0 Å². The summed E-state index contributed by atoms with van der Waals surface area (Å²) in [6.45, 7) is 5.53. The first kappa shape index (κ1) is 21.6. The van der Waals surface area contributed by atoms with Crippen LogP contribution in [0.1, 0.15) is 19.4 Å². The fourth-order valence-corrected chi connectivity index (χ4v) is 1.99. The monoisotopic (exact) mass is 348 g/mol. The molecule has 7 nitrogen and oxygen atoms in total. The van der Waals surface area contributed by atoms with Crippen LogP contribution in [0, 0.1) is 16.0 Å². The van der Waals surface area contributed by atoms with E-state index >= 15 is 0 Å². The van der Waals surface area contributed by atoms with Crippen LogP contribution in [0.2, 0.25) is 0 Å². The molecular formula is C15H25ClN2O5. The molecule has 0 bridgehead atoms. The quantitative estimate of drug-likeness (QED) is 0.494. The number of rotatable bonds is 10. The van der Waals surface area contributed by atoms with Crippen LogP contribution in [0.25, 0.3) is 0 Å². The number of nitro benzene ring substituents is 1. The van der Waals surface area contributed by atoms with E-state index in [1.165, 1.54) is 6.07 Å². The number of hydrogen-bond acceptors (Lipinski definition) is 6. The molecule has 0 heterocycles. The highest BCUT2D eigenvalue weighted by molar-refractivity contribution is 5.85. The molecule has 1 rings (SSSR count). The van der Waals surface area contributed by atoms with E-state index < -0.39 is 4.92 Å².